The summed E-state index contributed by atoms with van der Waals surface area (Å²) in [5, 5.41) is 0. The van der Waals surface area contributed by atoms with Crippen molar-refractivity contribution in [2.75, 3.05) is 6.54 Å². The molecule has 0 amide bonds. The summed E-state index contributed by atoms with van der Waals surface area (Å²) in [5.41, 5.74) is 5.95. The first-order valence-corrected chi connectivity index (χ1v) is 5.00. The summed E-state index contributed by atoms with van der Waals surface area (Å²) in [5.74, 6) is -3.94. The molecule has 0 aliphatic rings. The van der Waals surface area contributed by atoms with Crippen molar-refractivity contribution in [2.24, 2.45) is 5.73 Å². The zero-order chi connectivity index (χ0) is 12.4. The van der Waals surface area contributed by atoms with Crippen LogP contribution in [0.2, 0.25) is 0 Å². The second-order valence-electron chi connectivity index (χ2n) is 3.49. The summed E-state index contributed by atoms with van der Waals surface area (Å²) in [6, 6.07) is 2.04. The van der Waals surface area contributed by atoms with E-state index in [0.29, 0.717) is 18.7 Å². The first-order valence-electron chi connectivity index (χ1n) is 5.00. The summed E-state index contributed by atoms with van der Waals surface area (Å²) >= 11 is 0. The van der Waals surface area contributed by atoms with E-state index in [1.807, 2.05) is 0 Å². The quantitative estimate of drug-likeness (QED) is 0.832. The maximum atomic E-state index is 13.6. The summed E-state index contributed by atoms with van der Waals surface area (Å²) < 4.78 is 40.8. The van der Waals surface area contributed by atoms with Gasteiger partial charge in [-0.2, -0.15) is 0 Å². The third-order valence-electron chi connectivity index (χ3n) is 2.39. The normalized spacial score (nSPS) is 10.8. The maximum Gasteiger partial charge on any atom is 0.196 e. The molecule has 1 heterocycles. The molecule has 0 bridgehead atoms. The molecule has 1 aromatic carbocycles. The van der Waals surface area contributed by atoms with Crippen LogP contribution in [0.1, 0.15) is 5.69 Å². The fourth-order valence-corrected chi connectivity index (χ4v) is 1.57. The van der Waals surface area contributed by atoms with Gasteiger partial charge in [-0.15, -0.1) is 0 Å². The molecular weight excluding hydrogens is 231 g/mol. The molecule has 17 heavy (non-hydrogen) atoms. The van der Waals surface area contributed by atoms with Gasteiger partial charge in [0.1, 0.15) is 0 Å². The minimum Gasteiger partial charge on any atom is -0.330 e. The molecule has 0 unspecified atom stereocenters. The second kappa shape index (κ2) is 4.58. The molecule has 0 spiro atoms. The Bertz CT molecular complexity index is 537. The van der Waals surface area contributed by atoms with Gasteiger partial charge in [-0.3, -0.25) is 0 Å². The number of imidazole rings is 1. The minimum absolute atomic E-state index is 0.0788. The van der Waals surface area contributed by atoms with Crippen LogP contribution in [-0.2, 0) is 6.42 Å². The Labute approximate surface area is 95.7 Å². The Morgan fingerprint density at radius 2 is 1.94 bits per heavy atom. The van der Waals surface area contributed by atoms with Gasteiger partial charge in [0, 0.05) is 18.3 Å². The third-order valence-corrected chi connectivity index (χ3v) is 2.39. The highest BCUT2D eigenvalue weighted by molar-refractivity contribution is 5.36. The topological polar surface area (TPSA) is 43.8 Å². The highest BCUT2D eigenvalue weighted by atomic mass is 19.2. The monoisotopic (exact) mass is 241 g/mol. The van der Waals surface area contributed by atoms with Gasteiger partial charge in [-0.05, 0) is 18.7 Å². The van der Waals surface area contributed by atoms with Gasteiger partial charge >= 0.3 is 0 Å². The molecule has 3 nitrogen and oxygen atoms in total. The van der Waals surface area contributed by atoms with Gasteiger partial charge in [0.15, 0.2) is 17.5 Å². The van der Waals surface area contributed by atoms with E-state index in [9.17, 15) is 13.2 Å². The molecule has 0 radical (unpaired) electrons. The lowest BCUT2D eigenvalue weighted by molar-refractivity contribution is 0.444. The zero-order valence-electron chi connectivity index (χ0n) is 8.83. The Balaban J connectivity index is 2.53. The fraction of sp³-hybridized carbons (Fsp3) is 0.182. The van der Waals surface area contributed by atoms with Crippen molar-refractivity contribution < 1.29 is 13.2 Å². The lowest BCUT2D eigenvalue weighted by atomic mass is 10.2. The van der Waals surface area contributed by atoms with Crippen LogP contribution in [0.15, 0.2) is 24.7 Å². The van der Waals surface area contributed by atoms with Crippen LogP contribution >= 0.6 is 0 Å². The van der Waals surface area contributed by atoms with Crippen molar-refractivity contribution in [2.45, 2.75) is 6.42 Å². The lowest BCUT2D eigenvalue weighted by Crippen LogP contribution is -2.09. The number of benzene rings is 1. The Hall–Kier alpha value is -1.82. The van der Waals surface area contributed by atoms with E-state index in [2.05, 4.69) is 4.98 Å². The molecule has 2 N–H and O–H groups in total. The standard InChI is InChI=1S/C11H10F3N3/c12-8-1-2-9(11(14)10(8)13)17-6-16-5-7(17)3-4-15/h1-2,5-6H,3-4,15H2. The van der Waals surface area contributed by atoms with Crippen LogP contribution in [0.3, 0.4) is 0 Å². The van der Waals surface area contributed by atoms with E-state index in [4.69, 9.17) is 5.73 Å². The number of nitrogens with two attached hydrogens (primary N) is 1. The van der Waals surface area contributed by atoms with Crippen molar-refractivity contribution >= 4 is 0 Å². The predicted octanol–water partition coefficient (Wildman–Crippen LogP) is 1.79. The second-order valence-corrected chi connectivity index (χ2v) is 3.49. The molecule has 90 valence electrons. The number of hydrogen-bond acceptors (Lipinski definition) is 2. The number of aromatic nitrogens is 2. The summed E-state index contributed by atoms with van der Waals surface area (Å²) in [7, 11) is 0. The van der Waals surface area contributed by atoms with Crippen molar-refractivity contribution in [1.82, 2.24) is 9.55 Å². The van der Waals surface area contributed by atoms with Crippen LogP contribution in [0.25, 0.3) is 5.69 Å². The predicted molar refractivity (Wildman–Crippen MR) is 56.2 cm³/mol. The molecular formula is C11H10F3N3. The fourth-order valence-electron chi connectivity index (χ4n) is 1.57. The van der Waals surface area contributed by atoms with Gasteiger partial charge in [0.05, 0.1) is 12.0 Å². The van der Waals surface area contributed by atoms with Crippen LogP contribution in [0.4, 0.5) is 13.2 Å². The SMILES string of the molecule is NCCc1cncn1-c1ccc(F)c(F)c1F. The van der Waals surface area contributed by atoms with Crippen molar-refractivity contribution in [3.8, 4) is 5.69 Å². The average molecular weight is 241 g/mol. The van der Waals surface area contributed by atoms with Crippen LogP contribution < -0.4 is 5.73 Å². The third kappa shape index (κ3) is 2.03. The van der Waals surface area contributed by atoms with Crippen molar-refractivity contribution in [1.29, 1.82) is 0 Å². The van der Waals surface area contributed by atoms with Crippen LogP contribution in [0, 0.1) is 17.5 Å². The largest absolute Gasteiger partial charge is 0.330 e. The van der Waals surface area contributed by atoms with E-state index in [0.717, 1.165) is 12.1 Å². The number of nitrogens with zero attached hydrogens (tertiary/aromatic N) is 2. The van der Waals surface area contributed by atoms with Gasteiger partial charge < -0.3 is 10.3 Å². The molecule has 0 fully saturated rings. The van der Waals surface area contributed by atoms with E-state index in [1.54, 1.807) is 0 Å². The minimum atomic E-state index is -1.49. The first kappa shape index (κ1) is 11.7. The average Bonchev–Trinajstić information content (AvgIpc) is 2.75. The molecule has 6 heteroatoms. The summed E-state index contributed by atoms with van der Waals surface area (Å²) in [4.78, 5) is 3.83. The van der Waals surface area contributed by atoms with Gasteiger partial charge in [0.25, 0.3) is 0 Å². The molecule has 0 saturated carbocycles. The van der Waals surface area contributed by atoms with Gasteiger partial charge in [-0.25, -0.2) is 18.2 Å². The number of rotatable bonds is 3. The summed E-state index contributed by atoms with van der Waals surface area (Å²) in [6.07, 6.45) is 3.31. The van der Waals surface area contributed by atoms with E-state index >= 15 is 0 Å². The van der Waals surface area contributed by atoms with E-state index < -0.39 is 17.5 Å². The zero-order valence-corrected chi connectivity index (χ0v) is 8.83. The van der Waals surface area contributed by atoms with E-state index in [1.165, 1.54) is 17.1 Å². The van der Waals surface area contributed by atoms with Gasteiger partial charge in [-0.1, -0.05) is 0 Å². The lowest BCUT2D eigenvalue weighted by Gasteiger charge is -2.09. The summed E-state index contributed by atoms with van der Waals surface area (Å²) in [6.45, 7) is 0.358. The molecule has 2 rings (SSSR count). The van der Waals surface area contributed by atoms with Crippen LogP contribution in [0.5, 0.6) is 0 Å². The molecule has 0 saturated heterocycles. The maximum absolute atomic E-state index is 13.6. The van der Waals surface area contributed by atoms with Crippen molar-refractivity contribution in [3.05, 3.63) is 47.8 Å². The Kier molecular flexibility index (Phi) is 3.14. The van der Waals surface area contributed by atoms with Crippen molar-refractivity contribution in [3.63, 3.8) is 0 Å². The van der Waals surface area contributed by atoms with Gasteiger partial charge in [0.2, 0.25) is 0 Å². The molecule has 0 aliphatic carbocycles. The van der Waals surface area contributed by atoms with Crippen LogP contribution in [-0.4, -0.2) is 16.1 Å². The highest BCUT2D eigenvalue weighted by Gasteiger charge is 2.16. The molecule has 2 aromatic rings. The first-order chi connectivity index (χ1) is 8.15. The Morgan fingerprint density at radius 1 is 1.18 bits per heavy atom. The number of hydrogen-bond donors (Lipinski definition) is 1. The number of halogens is 3. The smallest absolute Gasteiger partial charge is 0.196 e. The highest BCUT2D eigenvalue weighted by Crippen LogP contribution is 2.20. The molecule has 0 atom stereocenters. The molecule has 0 aliphatic heterocycles. The Morgan fingerprint density at radius 3 is 2.65 bits per heavy atom. The van der Waals surface area contributed by atoms with E-state index in [-0.39, 0.29) is 5.69 Å². The molecule has 1 aromatic heterocycles.